The summed E-state index contributed by atoms with van der Waals surface area (Å²) in [4.78, 5) is 7.35. The smallest absolute Gasteiger partial charge is 0.194 e. The molecule has 0 amide bonds. The van der Waals surface area contributed by atoms with E-state index >= 15 is 0 Å². The Bertz CT molecular complexity index is 798. The van der Waals surface area contributed by atoms with Crippen LogP contribution in [-0.4, -0.2) is 44.8 Å². The fourth-order valence-corrected chi connectivity index (χ4v) is 3.91. The number of aliphatic imine (C=N–C) groups is 1. The van der Waals surface area contributed by atoms with Crippen LogP contribution >= 0.6 is 24.0 Å². The van der Waals surface area contributed by atoms with Crippen LogP contribution in [0, 0.1) is 12.8 Å². The Labute approximate surface area is 184 Å². The number of aromatic nitrogens is 3. The van der Waals surface area contributed by atoms with Crippen LogP contribution in [0.3, 0.4) is 0 Å². The largest absolute Gasteiger partial charge is 0.353 e. The standard InChI is InChI=1S/C21H30N6.HI/c1-15-14-27(12-11-19(15)17-7-5-4-6-8-17)21(23-18-9-10-18)22-13-20-25-24-16(2)26(20)3;/h4-8,15,18-19H,9-14H2,1-3H3,(H,22,23);1H. The molecule has 4 rings (SSSR count). The number of likely N-dealkylation sites (tertiary alicyclic amines) is 1. The molecule has 7 heteroatoms. The highest BCUT2D eigenvalue weighted by molar-refractivity contribution is 14.0. The molecule has 1 aliphatic heterocycles. The van der Waals surface area contributed by atoms with Crippen molar-refractivity contribution >= 4 is 29.9 Å². The first-order chi connectivity index (χ1) is 13.1. The predicted molar refractivity (Wildman–Crippen MR) is 123 cm³/mol. The maximum atomic E-state index is 4.91. The molecular formula is C21H31IN6. The van der Waals surface area contributed by atoms with Crippen LogP contribution in [0.15, 0.2) is 35.3 Å². The lowest BCUT2D eigenvalue weighted by atomic mass is 9.82. The second-order valence-corrected chi connectivity index (χ2v) is 8.01. The highest BCUT2D eigenvalue weighted by atomic mass is 127. The first-order valence-corrected chi connectivity index (χ1v) is 10.1. The second-order valence-electron chi connectivity index (χ2n) is 8.01. The number of guanidine groups is 1. The van der Waals surface area contributed by atoms with E-state index in [1.807, 2.05) is 18.5 Å². The number of rotatable bonds is 4. The number of halogens is 1. The average molecular weight is 494 g/mol. The Hall–Kier alpha value is -1.64. The van der Waals surface area contributed by atoms with Gasteiger partial charge >= 0.3 is 0 Å². The van der Waals surface area contributed by atoms with Gasteiger partial charge in [0.25, 0.3) is 0 Å². The van der Waals surface area contributed by atoms with E-state index in [9.17, 15) is 0 Å². The van der Waals surface area contributed by atoms with Crippen molar-refractivity contribution < 1.29 is 0 Å². The fourth-order valence-electron chi connectivity index (χ4n) is 3.91. The molecule has 2 unspecified atom stereocenters. The van der Waals surface area contributed by atoms with Crippen molar-refractivity contribution in [2.45, 2.75) is 51.6 Å². The van der Waals surface area contributed by atoms with E-state index in [4.69, 9.17) is 4.99 Å². The predicted octanol–water partition coefficient (Wildman–Crippen LogP) is 3.48. The molecule has 2 aliphatic rings. The van der Waals surface area contributed by atoms with E-state index in [1.54, 1.807) is 0 Å². The van der Waals surface area contributed by atoms with E-state index in [0.717, 1.165) is 30.7 Å². The summed E-state index contributed by atoms with van der Waals surface area (Å²) in [6.45, 7) is 6.99. The number of hydrogen-bond donors (Lipinski definition) is 1. The van der Waals surface area contributed by atoms with Crippen molar-refractivity contribution in [2.24, 2.45) is 18.0 Å². The van der Waals surface area contributed by atoms with Gasteiger partial charge < -0.3 is 14.8 Å². The Balaban J connectivity index is 0.00000225. The number of aryl methyl sites for hydroxylation is 1. The van der Waals surface area contributed by atoms with Crippen molar-refractivity contribution in [3.05, 3.63) is 47.5 Å². The van der Waals surface area contributed by atoms with E-state index < -0.39 is 0 Å². The molecule has 2 fully saturated rings. The van der Waals surface area contributed by atoms with Crippen molar-refractivity contribution in [1.82, 2.24) is 25.0 Å². The zero-order valence-corrected chi connectivity index (χ0v) is 19.3. The minimum atomic E-state index is 0. The van der Waals surface area contributed by atoms with Crippen LogP contribution in [0.2, 0.25) is 0 Å². The molecular weight excluding hydrogens is 463 g/mol. The van der Waals surface area contributed by atoms with Crippen molar-refractivity contribution in [3.63, 3.8) is 0 Å². The zero-order valence-electron chi connectivity index (χ0n) is 17.0. The minimum Gasteiger partial charge on any atom is -0.353 e. The second kappa shape index (κ2) is 9.24. The molecule has 6 nitrogen and oxygen atoms in total. The molecule has 152 valence electrons. The molecule has 2 aromatic rings. The van der Waals surface area contributed by atoms with Gasteiger partial charge in [-0.05, 0) is 43.6 Å². The molecule has 2 atom stereocenters. The Morgan fingerprint density at radius 2 is 1.93 bits per heavy atom. The molecule has 2 heterocycles. The summed E-state index contributed by atoms with van der Waals surface area (Å²) >= 11 is 0. The lowest BCUT2D eigenvalue weighted by molar-refractivity contribution is 0.234. The summed E-state index contributed by atoms with van der Waals surface area (Å²) < 4.78 is 2.02. The summed E-state index contributed by atoms with van der Waals surface area (Å²) in [6.07, 6.45) is 3.66. The number of piperidine rings is 1. The van der Waals surface area contributed by atoms with Gasteiger partial charge in [0.1, 0.15) is 12.4 Å². The first-order valence-electron chi connectivity index (χ1n) is 10.1. The SMILES string of the molecule is Cc1nnc(CN=C(NC2CC2)N2CCC(c3ccccc3)C(C)C2)n1C.I. The molecule has 0 radical (unpaired) electrons. The third-order valence-corrected chi connectivity index (χ3v) is 5.90. The van der Waals surface area contributed by atoms with Gasteiger partial charge in [-0.15, -0.1) is 34.2 Å². The summed E-state index contributed by atoms with van der Waals surface area (Å²) in [5.74, 6) is 4.11. The lowest BCUT2D eigenvalue weighted by Crippen LogP contribution is -2.48. The van der Waals surface area contributed by atoms with Gasteiger partial charge in [0.05, 0.1) is 0 Å². The summed E-state index contributed by atoms with van der Waals surface area (Å²) in [7, 11) is 2.00. The fraction of sp³-hybridized carbons (Fsp3) is 0.571. The summed E-state index contributed by atoms with van der Waals surface area (Å²) in [5, 5.41) is 12.0. The maximum Gasteiger partial charge on any atom is 0.194 e. The van der Waals surface area contributed by atoms with E-state index in [-0.39, 0.29) is 24.0 Å². The van der Waals surface area contributed by atoms with E-state index in [2.05, 4.69) is 57.7 Å². The third kappa shape index (κ3) is 4.85. The highest BCUT2D eigenvalue weighted by Gasteiger charge is 2.31. The molecule has 1 aliphatic carbocycles. The van der Waals surface area contributed by atoms with Crippen molar-refractivity contribution in [1.29, 1.82) is 0 Å². The first kappa shape index (κ1) is 21.1. The molecule has 28 heavy (non-hydrogen) atoms. The number of nitrogens with one attached hydrogen (secondary N) is 1. The van der Waals surface area contributed by atoms with Gasteiger partial charge in [-0.2, -0.15) is 0 Å². The normalized spacial score (nSPS) is 22.7. The molecule has 1 saturated heterocycles. The molecule has 0 spiro atoms. The third-order valence-electron chi connectivity index (χ3n) is 5.90. The monoisotopic (exact) mass is 494 g/mol. The Morgan fingerprint density at radius 1 is 1.18 bits per heavy atom. The van der Waals surface area contributed by atoms with Gasteiger partial charge in [0, 0.05) is 26.2 Å². The molecule has 1 saturated carbocycles. The van der Waals surface area contributed by atoms with Crippen molar-refractivity contribution in [2.75, 3.05) is 13.1 Å². The van der Waals surface area contributed by atoms with Gasteiger partial charge in [-0.25, -0.2) is 4.99 Å². The minimum absolute atomic E-state index is 0. The van der Waals surface area contributed by atoms with Crippen LogP contribution in [0.4, 0.5) is 0 Å². The zero-order chi connectivity index (χ0) is 18.8. The van der Waals surface area contributed by atoms with Crippen LogP contribution in [0.1, 0.15) is 49.3 Å². The topological polar surface area (TPSA) is 58.3 Å². The lowest BCUT2D eigenvalue weighted by Gasteiger charge is -2.39. The number of nitrogens with zero attached hydrogens (tertiary/aromatic N) is 5. The highest BCUT2D eigenvalue weighted by Crippen LogP contribution is 2.33. The molecule has 1 N–H and O–H groups in total. The maximum absolute atomic E-state index is 4.91. The quantitative estimate of drug-likeness (QED) is 0.402. The van der Waals surface area contributed by atoms with Gasteiger partial charge in [-0.1, -0.05) is 37.3 Å². The average Bonchev–Trinajstić information content (AvgIpc) is 3.45. The van der Waals surface area contributed by atoms with Gasteiger partial charge in [0.2, 0.25) is 0 Å². The van der Waals surface area contributed by atoms with Crippen LogP contribution in [-0.2, 0) is 13.6 Å². The number of hydrogen-bond acceptors (Lipinski definition) is 3. The van der Waals surface area contributed by atoms with Crippen LogP contribution in [0.5, 0.6) is 0 Å². The number of benzene rings is 1. The molecule has 0 bridgehead atoms. The summed E-state index contributed by atoms with van der Waals surface area (Å²) in [6, 6.07) is 11.5. The Kier molecular flexibility index (Phi) is 6.95. The molecule has 1 aromatic carbocycles. The van der Waals surface area contributed by atoms with Crippen molar-refractivity contribution in [3.8, 4) is 0 Å². The van der Waals surface area contributed by atoms with Crippen LogP contribution < -0.4 is 5.32 Å². The van der Waals surface area contributed by atoms with E-state index in [1.165, 1.54) is 24.8 Å². The summed E-state index contributed by atoms with van der Waals surface area (Å²) in [5.41, 5.74) is 1.47. The van der Waals surface area contributed by atoms with Crippen LogP contribution in [0.25, 0.3) is 0 Å². The Morgan fingerprint density at radius 3 is 2.54 bits per heavy atom. The van der Waals surface area contributed by atoms with Gasteiger partial charge in [-0.3, -0.25) is 0 Å². The van der Waals surface area contributed by atoms with E-state index in [0.29, 0.717) is 24.4 Å². The van der Waals surface area contributed by atoms with Gasteiger partial charge in [0.15, 0.2) is 11.8 Å². The molecule has 1 aromatic heterocycles.